The van der Waals surface area contributed by atoms with Crippen LogP contribution >= 0.6 is 15.9 Å². The third-order valence-corrected chi connectivity index (χ3v) is 5.74. The van der Waals surface area contributed by atoms with Crippen molar-refractivity contribution in [3.05, 3.63) is 22.6 Å². The maximum Gasteiger partial charge on any atom is 0.147 e. The van der Waals surface area contributed by atoms with E-state index in [0.29, 0.717) is 23.6 Å². The van der Waals surface area contributed by atoms with Crippen molar-refractivity contribution in [1.82, 2.24) is 0 Å². The SMILES string of the molecule is CC(C)(C)C1CCC(CN)(C(O)c2occc2Br)CC1. The second-order valence-electron chi connectivity index (χ2n) is 7.24. The van der Waals surface area contributed by atoms with Gasteiger partial charge in [0.05, 0.1) is 10.7 Å². The van der Waals surface area contributed by atoms with Crippen molar-refractivity contribution in [2.45, 2.75) is 52.6 Å². The lowest BCUT2D eigenvalue weighted by Crippen LogP contribution is -2.42. The lowest BCUT2D eigenvalue weighted by atomic mass is 9.62. The third kappa shape index (κ3) is 2.97. The molecule has 0 aliphatic heterocycles. The second-order valence-corrected chi connectivity index (χ2v) is 8.10. The molecule has 1 atom stereocenters. The van der Waals surface area contributed by atoms with Crippen molar-refractivity contribution < 1.29 is 9.52 Å². The zero-order valence-electron chi connectivity index (χ0n) is 12.7. The zero-order chi connectivity index (χ0) is 15.0. The van der Waals surface area contributed by atoms with Gasteiger partial charge in [-0.25, -0.2) is 0 Å². The first-order chi connectivity index (χ1) is 9.30. The summed E-state index contributed by atoms with van der Waals surface area (Å²) >= 11 is 3.44. The Kier molecular flexibility index (Phi) is 4.67. The van der Waals surface area contributed by atoms with E-state index in [0.717, 1.165) is 30.2 Å². The Labute approximate surface area is 130 Å². The van der Waals surface area contributed by atoms with Crippen molar-refractivity contribution >= 4 is 15.9 Å². The summed E-state index contributed by atoms with van der Waals surface area (Å²) in [6.45, 7) is 7.39. The molecule has 0 amide bonds. The standard InChI is InChI=1S/C16H26BrNO2/c1-15(2,3)11-4-7-16(10-18,8-5-11)14(19)13-12(17)6-9-20-13/h6,9,11,14,19H,4-5,7-8,10,18H2,1-3H3. The Bertz CT molecular complexity index is 442. The van der Waals surface area contributed by atoms with Crippen molar-refractivity contribution in [2.24, 2.45) is 22.5 Å². The van der Waals surface area contributed by atoms with Gasteiger partial charge in [-0.2, -0.15) is 0 Å². The minimum Gasteiger partial charge on any atom is -0.465 e. The summed E-state index contributed by atoms with van der Waals surface area (Å²) in [6.07, 6.45) is 5.14. The summed E-state index contributed by atoms with van der Waals surface area (Å²) in [5.41, 5.74) is 6.12. The second kappa shape index (κ2) is 5.82. The Morgan fingerprint density at radius 2 is 2.05 bits per heavy atom. The van der Waals surface area contributed by atoms with E-state index in [-0.39, 0.29) is 5.41 Å². The maximum atomic E-state index is 10.8. The summed E-state index contributed by atoms with van der Waals surface area (Å²) in [7, 11) is 0. The number of aliphatic hydroxyl groups excluding tert-OH is 1. The van der Waals surface area contributed by atoms with Crippen LogP contribution in [0.3, 0.4) is 0 Å². The number of furan rings is 1. The predicted molar refractivity (Wildman–Crippen MR) is 84.3 cm³/mol. The molecule has 1 aromatic heterocycles. The van der Waals surface area contributed by atoms with E-state index in [4.69, 9.17) is 10.2 Å². The Morgan fingerprint density at radius 1 is 1.45 bits per heavy atom. The lowest BCUT2D eigenvalue weighted by molar-refractivity contribution is -0.0347. The van der Waals surface area contributed by atoms with Gasteiger partial charge in [0.25, 0.3) is 0 Å². The van der Waals surface area contributed by atoms with Gasteiger partial charge in [0.2, 0.25) is 0 Å². The summed E-state index contributed by atoms with van der Waals surface area (Å²) in [6, 6.07) is 1.82. The summed E-state index contributed by atoms with van der Waals surface area (Å²) < 4.78 is 6.28. The van der Waals surface area contributed by atoms with Gasteiger partial charge in [-0.05, 0) is 59.0 Å². The van der Waals surface area contributed by atoms with Crippen molar-refractivity contribution in [2.75, 3.05) is 6.54 Å². The van der Waals surface area contributed by atoms with Gasteiger partial charge < -0.3 is 15.3 Å². The molecule has 3 N–H and O–H groups in total. The average Bonchev–Trinajstić information content (AvgIpc) is 2.83. The zero-order valence-corrected chi connectivity index (χ0v) is 14.2. The Morgan fingerprint density at radius 3 is 2.45 bits per heavy atom. The molecule has 1 unspecified atom stereocenters. The summed E-state index contributed by atoms with van der Waals surface area (Å²) in [4.78, 5) is 0. The summed E-state index contributed by atoms with van der Waals surface area (Å²) in [5.74, 6) is 1.32. The van der Waals surface area contributed by atoms with Crippen molar-refractivity contribution in [1.29, 1.82) is 0 Å². The van der Waals surface area contributed by atoms with Crippen LogP contribution in [0.25, 0.3) is 0 Å². The predicted octanol–water partition coefficient (Wildman–Crippen LogP) is 4.26. The Balaban J connectivity index is 2.15. The maximum absolute atomic E-state index is 10.8. The van der Waals surface area contributed by atoms with Crippen LogP contribution in [0.4, 0.5) is 0 Å². The van der Waals surface area contributed by atoms with Crippen LogP contribution in [0, 0.1) is 16.7 Å². The van der Waals surface area contributed by atoms with E-state index in [1.54, 1.807) is 6.26 Å². The van der Waals surface area contributed by atoms with Gasteiger partial charge in [-0.15, -0.1) is 0 Å². The quantitative estimate of drug-likeness (QED) is 0.861. The minimum atomic E-state index is -0.627. The minimum absolute atomic E-state index is 0.248. The molecule has 2 rings (SSSR count). The first kappa shape index (κ1) is 16.1. The fraction of sp³-hybridized carbons (Fsp3) is 0.750. The molecule has 4 heteroatoms. The van der Waals surface area contributed by atoms with Gasteiger partial charge in [-0.3, -0.25) is 0 Å². The van der Waals surface area contributed by atoms with Gasteiger partial charge in [0.15, 0.2) is 0 Å². The van der Waals surface area contributed by atoms with E-state index in [2.05, 4.69) is 36.7 Å². The van der Waals surface area contributed by atoms with E-state index < -0.39 is 6.10 Å². The topological polar surface area (TPSA) is 59.4 Å². The van der Waals surface area contributed by atoms with Crippen LogP contribution < -0.4 is 5.73 Å². The molecule has 114 valence electrons. The molecule has 1 saturated carbocycles. The molecule has 3 nitrogen and oxygen atoms in total. The summed E-state index contributed by atoms with van der Waals surface area (Å²) in [5, 5.41) is 10.8. The van der Waals surface area contributed by atoms with Crippen molar-refractivity contribution in [3.63, 3.8) is 0 Å². The fourth-order valence-corrected chi connectivity index (χ4v) is 3.84. The largest absolute Gasteiger partial charge is 0.465 e. The molecule has 0 radical (unpaired) electrons. The first-order valence-corrected chi connectivity index (χ1v) is 8.20. The molecule has 1 aliphatic carbocycles. The lowest BCUT2D eigenvalue weighted by Gasteiger charge is -2.45. The molecule has 1 aromatic rings. The van der Waals surface area contributed by atoms with Crippen LogP contribution in [-0.4, -0.2) is 11.7 Å². The first-order valence-electron chi connectivity index (χ1n) is 7.41. The number of rotatable bonds is 3. The number of hydrogen-bond acceptors (Lipinski definition) is 3. The number of hydrogen-bond donors (Lipinski definition) is 2. The number of halogens is 1. The molecule has 1 fully saturated rings. The number of aliphatic hydroxyl groups is 1. The van der Waals surface area contributed by atoms with Crippen LogP contribution in [0.15, 0.2) is 21.2 Å². The van der Waals surface area contributed by atoms with Gasteiger partial charge in [0.1, 0.15) is 11.9 Å². The monoisotopic (exact) mass is 343 g/mol. The van der Waals surface area contributed by atoms with Gasteiger partial charge >= 0.3 is 0 Å². The highest BCUT2D eigenvalue weighted by Gasteiger charge is 2.44. The Hall–Kier alpha value is -0.320. The average molecular weight is 344 g/mol. The fourth-order valence-electron chi connectivity index (χ4n) is 3.43. The van der Waals surface area contributed by atoms with Gasteiger partial charge in [-0.1, -0.05) is 20.8 Å². The van der Waals surface area contributed by atoms with Gasteiger partial charge in [0, 0.05) is 12.0 Å². The third-order valence-electron chi connectivity index (χ3n) is 5.09. The van der Waals surface area contributed by atoms with Crippen LogP contribution in [0.2, 0.25) is 0 Å². The van der Waals surface area contributed by atoms with E-state index in [9.17, 15) is 5.11 Å². The molecule has 0 spiro atoms. The van der Waals surface area contributed by atoms with Crippen LogP contribution in [0.1, 0.15) is 58.3 Å². The van der Waals surface area contributed by atoms with Crippen molar-refractivity contribution in [3.8, 4) is 0 Å². The molecule has 1 aliphatic rings. The molecule has 0 bridgehead atoms. The number of nitrogens with two attached hydrogens (primary N) is 1. The van der Waals surface area contributed by atoms with E-state index in [1.165, 1.54) is 0 Å². The molecule has 20 heavy (non-hydrogen) atoms. The van der Waals surface area contributed by atoms with Crippen LogP contribution in [-0.2, 0) is 0 Å². The normalized spacial score (nSPS) is 29.4. The highest BCUT2D eigenvalue weighted by molar-refractivity contribution is 9.10. The van der Waals surface area contributed by atoms with E-state index >= 15 is 0 Å². The molecular weight excluding hydrogens is 318 g/mol. The van der Waals surface area contributed by atoms with Crippen LogP contribution in [0.5, 0.6) is 0 Å². The highest BCUT2D eigenvalue weighted by atomic mass is 79.9. The molecule has 0 saturated heterocycles. The van der Waals surface area contributed by atoms with E-state index in [1.807, 2.05) is 6.07 Å². The molecule has 0 aromatic carbocycles. The highest BCUT2D eigenvalue weighted by Crippen LogP contribution is 2.51. The molecule has 1 heterocycles. The smallest absolute Gasteiger partial charge is 0.147 e. The molecular formula is C16H26BrNO2.